The van der Waals surface area contributed by atoms with Crippen LogP contribution in [-0.2, 0) is 6.54 Å². The molecule has 2 bridgehead atoms. The summed E-state index contributed by atoms with van der Waals surface area (Å²) in [6, 6.07) is 9.39. The lowest BCUT2D eigenvalue weighted by molar-refractivity contribution is -0.138. The number of hydrogen-bond acceptors (Lipinski definition) is 1. The first-order chi connectivity index (χ1) is 10.9. The smallest absolute Gasteiger partial charge is 0.360 e. The van der Waals surface area contributed by atoms with Crippen LogP contribution in [0.2, 0.25) is 0 Å². The van der Waals surface area contributed by atoms with Gasteiger partial charge < -0.3 is 10.2 Å². The van der Waals surface area contributed by atoms with E-state index in [9.17, 15) is 13.2 Å². The molecule has 3 atom stereocenters. The lowest BCUT2D eigenvalue weighted by atomic mass is 9.95. The van der Waals surface area contributed by atoms with Crippen molar-refractivity contribution in [3.05, 3.63) is 35.9 Å². The predicted octanol–water partition coefficient (Wildman–Crippen LogP) is 4.11. The van der Waals surface area contributed by atoms with E-state index < -0.39 is 12.7 Å². The highest BCUT2D eigenvalue weighted by Crippen LogP contribution is 2.44. The van der Waals surface area contributed by atoms with E-state index in [0.717, 1.165) is 17.9 Å². The molecule has 0 amide bonds. The van der Waals surface area contributed by atoms with E-state index in [-0.39, 0.29) is 17.7 Å². The average Bonchev–Trinajstić information content (AvgIpc) is 3.09. The fourth-order valence-corrected chi connectivity index (χ4v) is 4.17. The van der Waals surface area contributed by atoms with E-state index in [4.69, 9.17) is 12.2 Å². The van der Waals surface area contributed by atoms with Crippen molar-refractivity contribution < 1.29 is 13.2 Å². The summed E-state index contributed by atoms with van der Waals surface area (Å²) in [7, 11) is 0. The fourth-order valence-electron chi connectivity index (χ4n) is 3.89. The van der Waals surface area contributed by atoms with Crippen LogP contribution in [0.15, 0.2) is 30.3 Å². The third-order valence-corrected chi connectivity index (χ3v) is 5.30. The van der Waals surface area contributed by atoms with Gasteiger partial charge in [0.05, 0.1) is 0 Å². The summed E-state index contributed by atoms with van der Waals surface area (Å²) in [5.74, 6) is 1.30. The molecule has 1 N–H and O–H groups in total. The molecule has 0 saturated heterocycles. The Morgan fingerprint density at radius 1 is 1.17 bits per heavy atom. The Labute approximate surface area is 140 Å². The molecule has 3 rings (SSSR count). The van der Waals surface area contributed by atoms with Gasteiger partial charge in [0.1, 0.15) is 6.54 Å². The van der Waals surface area contributed by atoms with Crippen molar-refractivity contribution in [3.8, 4) is 0 Å². The molecule has 0 heterocycles. The van der Waals surface area contributed by atoms with Gasteiger partial charge in [-0.3, -0.25) is 0 Å². The Bertz CT molecular complexity index is 547. The zero-order valence-corrected chi connectivity index (χ0v) is 13.7. The second-order valence-electron chi connectivity index (χ2n) is 6.69. The third kappa shape index (κ3) is 4.37. The fraction of sp³-hybridized carbons (Fsp3) is 0.588. The van der Waals surface area contributed by atoms with Crippen molar-refractivity contribution in [2.24, 2.45) is 11.8 Å². The van der Waals surface area contributed by atoms with Crippen LogP contribution < -0.4 is 5.32 Å². The molecule has 2 nitrogen and oxygen atoms in total. The molecular formula is C17H21F3N2S. The number of benzene rings is 1. The van der Waals surface area contributed by atoms with Crippen molar-refractivity contribution in [2.45, 2.75) is 44.4 Å². The van der Waals surface area contributed by atoms with E-state index >= 15 is 0 Å². The highest BCUT2D eigenvalue weighted by Gasteiger charge is 2.40. The maximum Gasteiger partial charge on any atom is 0.406 e. The highest BCUT2D eigenvalue weighted by molar-refractivity contribution is 7.80. The summed E-state index contributed by atoms with van der Waals surface area (Å²) < 4.78 is 38.7. The number of hydrogen-bond donors (Lipinski definition) is 1. The van der Waals surface area contributed by atoms with Crippen molar-refractivity contribution in [3.63, 3.8) is 0 Å². The zero-order chi connectivity index (χ0) is 16.4. The van der Waals surface area contributed by atoms with Crippen LogP contribution in [0.1, 0.15) is 31.2 Å². The van der Waals surface area contributed by atoms with Gasteiger partial charge in [-0.05, 0) is 48.9 Å². The average molecular weight is 342 g/mol. The molecule has 23 heavy (non-hydrogen) atoms. The first-order valence-electron chi connectivity index (χ1n) is 8.07. The van der Waals surface area contributed by atoms with Gasteiger partial charge in [0.25, 0.3) is 0 Å². The summed E-state index contributed by atoms with van der Waals surface area (Å²) in [6.45, 7) is -0.846. The number of halogens is 3. The van der Waals surface area contributed by atoms with E-state index in [2.05, 4.69) is 5.32 Å². The van der Waals surface area contributed by atoms with Crippen LogP contribution in [-0.4, -0.2) is 28.8 Å². The largest absolute Gasteiger partial charge is 0.406 e. The Balaban J connectivity index is 1.65. The lowest BCUT2D eigenvalue weighted by Crippen LogP contribution is -2.48. The maximum atomic E-state index is 12.9. The van der Waals surface area contributed by atoms with Gasteiger partial charge in [0.15, 0.2) is 5.11 Å². The lowest BCUT2D eigenvalue weighted by Gasteiger charge is -2.31. The van der Waals surface area contributed by atoms with Crippen LogP contribution in [0.5, 0.6) is 0 Å². The Morgan fingerprint density at radius 2 is 1.91 bits per heavy atom. The van der Waals surface area contributed by atoms with E-state index in [1.165, 1.54) is 24.2 Å². The monoisotopic (exact) mass is 342 g/mol. The van der Waals surface area contributed by atoms with Gasteiger partial charge in [0.2, 0.25) is 0 Å². The minimum Gasteiger partial charge on any atom is -0.360 e. The van der Waals surface area contributed by atoms with Crippen molar-refractivity contribution in [1.82, 2.24) is 10.2 Å². The molecule has 0 aromatic heterocycles. The van der Waals surface area contributed by atoms with Gasteiger partial charge in [-0.15, -0.1) is 0 Å². The Hall–Kier alpha value is -1.30. The standard InChI is InChI=1S/C17H21F3N2S/c18-17(19,20)11-22(10-12-4-2-1-3-5-12)16(23)21-15-9-13-6-7-14(15)8-13/h1-5,13-15H,6-11H2,(H,21,23)/t13-,14-,15+/m1/s1. The second-order valence-corrected chi connectivity index (χ2v) is 7.07. The molecule has 1 aromatic rings. The summed E-state index contributed by atoms with van der Waals surface area (Å²) in [5.41, 5.74) is 0.828. The van der Waals surface area contributed by atoms with Crippen LogP contribution in [0.25, 0.3) is 0 Å². The molecule has 0 spiro atoms. The molecule has 0 radical (unpaired) electrons. The molecule has 2 fully saturated rings. The molecule has 1 aromatic carbocycles. The van der Waals surface area contributed by atoms with E-state index in [1.54, 1.807) is 0 Å². The number of alkyl halides is 3. The number of nitrogens with one attached hydrogen (secondary N) is 1. The predicted molar refractivity (Wildman–Crippen MR) is 87.9 cm³/mol. The summed E-state index contributed by atoms with van der Waals surface area (Å²) >= 11 is 5.31. The zero-order valence-electron chi connectivity index (χ0n) is 12.9. The molecule has 6 heteroatoms. The molecule has 126 valence electrons. The van der Waals surface area contributed by atoms with Gasteiger partial charge >= 0.3 is 6.18 Å². The molecule has 0 aliphatic heterocycles. The SMILES string of the molecule is FC(F)(F)CN(Cc1ccccc1)C(=S)N[C@H]1C[C@@H]2CC[C@@H]1C2. The number of rotatable bonds is 4. The minimum absolute atomic E-state index is 0.174. The highest BCUT2D eigenvalue weighted by atomic mass is 32.1. The second kappa shape index (κ2) is 6.67. The Kier molecular flexibility index (Phi) is 4.80. The topological polar surface area (TPSA) is 15.3 Å². The van der Waals surface area contributed by atoms with Crippen molar-refractivity contribution in [2.75, 3.05) is 6.54 Å². The molecular weight excluding hydrogens is 321 g/mol. The van der Waals surface area contributed by atoms with Gasteiger partial charge in [0, 0.05) is 12.6 Å². The van der Waals surface area contributed by atoms with Crippen LogP contribution in [0, 0.1) is 11.8 Å². The quantitative estimate of drug-likeness (QED) is 0.829. The first kappa shape index (κ1) is 16.6. The molecule has 2 saturated carbocycles. The number of fused-ring (bicyclic) bond motifs is 2. The van der Waals surface area contributed by atoms with E-state index in [1.807, 2.05) is 30.3 Å². The maximum absolute atomic E-state index is 12.9. The van der Waals surface area contributed by atoms with Gasteiger partial charge in [-0.2, -0.15) is 13.2 Å². The number of thiocarbonyl (C=S) groups is 1. The summed E-state index contributed by atoms with van der Waals surface area (Å²) in [6.07, 6.45) is 0.387. The summed E-state index contributed by atoms with van der Waals surface area (Å²) in [4.78, 5) is 1.23. The normalized spacial score (nSPS) is 26.3. The third-order valence-electron chi connectivity index (χ3n) is 4.92. The van der Waals surface area contributed by atoms with Crippen LogP contribution in [0.3, 0.4) is 0 Å². The van der Waals surface area contributed by atoms with Gasteiger partial charge in [-0.25, -0.2) is 0 Å². The van der Waals surface area contributed by atoms with E-state index in [0.29, 0.717) is 5.92 Å². The first-order valence-corrected chi connectivity index (χ1v) is 8.47. The van der Waals surface area contributed by atoms with Gasteiger partial charge in [-0.1, -0.05) is 36.8 Å². The number of nitrogens with zero attached hydrogens (tertiary/aromatic N) is 1. The van der Waals surface area contributed by atoms with Crippen LogP contribution in [0.4, 0.5) is 13.2 Å². The van der Waals surface area contributed by atoms with Crippen molar-refractivity contribution >= 4 is 17.3 Å². The molecule has 0 unspecified atom stereocenters. The minimum atomic E-state index is -4.27. The summed E-state index contributed by atoms with van der Waals surface area (Å²) in [5, 5.41) is 3.44. The van der Waals surface area contributed by atoms with Crippen molar-refractivity contribution in [1.29, 1.82) is 0 Å². The molecule has 2 aliphatic rings. The van der Waals surface area contributed by atoms with Crippen LogP contribution >= 0.6 is 12.2 Å². The molecule has 2 aliphatic carbocycles. The Morgan fingerprint density at radius 3 is 2.48 bits per heavy atom.